The van der Waals surface area contributed by atoms with Gasteiger partial charge in [-0.2, -0.15) is 0 Å². The zero-order valence-corrected chi connectivity index (χ0v) is 45.9. The molecule has 0 fully saturated rings. The van der Waals surface area contributed by atoms with Gasteiger partial charge in [-0.25, -0.2) is 0 Å². The molecule has 0 spiro atoms. The van der Waals surface area contributed by atoms with Gasteiger partial charge >= 0.3 is 5.97 Å². The maximum absolute atomic E-state index is 12.5. The summed E-state index contributed by atoms with van der Waals surface area (Å²) in [7, 11) is 0. The van der Waals surface area contributed by atoms with Gasteiger partial charge < -0.3 is 20.3 Å². The Hall–Kier alpha value is -1.66. The molecule has 0 radical (unpaired) electrons. The highest BCUT2D eigenvalue weighted by Gasteiger charge is 2.18. The van der Waals surface area contributed by atoms with Crippen molar-refractivity contribution in [2.45, 2.75) is 347 Å². The molecule has 6 nitrogen and oxygen atoms in total. The standard InChI is InChI=1S/C62H119NO5/c1-3-5-7-9-11-13-15-17-19-20-21-22-23-24-27-30-34-38-42-46-50-54-60(65)59(58-64)63-61(66)55-51-47-43-39-35-31-28-25-26-29-33-37-41-45-49-53-57-68-62(67)56-52-48-44-40-36-32-18-16-14-12-10-8-6-4-2/h16,18,50,54,59-60,64-65H,3-15,17,19-49,51-53,55-58H2,1-2H3,(H,63,66)/b18-16-,54-50+. The van der Waals surface area contributed by atoms with E-state index >= 15 is 0 Å². The highest BCUT2D eigenvalue weighted by atomic mass is 16.5. The molecular weight excluding hydrogens is 839 g/mol. The van der Waals surface area contributed by atoms with Gasteiger partial charge in [0.05, 0.1) is 25.4 Å². The Labute approximate surface area is 424 Å². The molecule has 0 rings (SSSR count). The number of ether oxygens (including phenoxy) is 1. The van der Waals surface area contributed by atoms with Gasteiger partial charge in [0.15, 0.2) is 0 Å². The Balaban J connectivity index is 3.46. The molecule has 2 unspecified atom stereocenters. The van der Waals surface area contributed by atoms with E-state index in [9.17, 15) is 19.8 Å². The third kappa shape index (κ3) is 53.7. The summed E-state index contributed by atoms with van der Waals surface area (Å²) < 4.78 is 5.47. The molecule has 68 heavy (non-hydrogen) atoms. The van der Waals surface area contributed by atoms with Gasteiger partial charge in [0, 0.05) is 12.8 Å². The number of esters is 1. The number of aliphatic hydroxyl groups excluding tert-OH is 2. The lowest BCUT2D eigenvalue weighted by Crippen LogP contribution is -2.45. The van der Waals surface area contributed by atoms with E-state index in [1.54, 1.807) is 6.08 Å². The summed E-state index contributed by atoms with van der Waals surface area (Å²) >= 11 is 0. The molecule has 0 heterocycles. The quantitative estimate of drug-likeness (QED) is 0.0321. The number of amides is 1. The normalized spacial score (nSPS) is 12.7. The van der Waals surface area contributed by atoms with E-state index in [0.717, 1.165) is 44.9 Å². The van der Waals surface area contributed by atoms with Crippen molar-refractivity contribution >= 4 is 11.9 Å². The van der Waals surface area contributed by atoms with Gasteiger partial charge in [-0.1, -0.05) is 289 Å². The maximum Gasteiger partial charge on any atom is 0.305 e. The summed E-state index contributed by atoms with van der Waals surface area (Å²) in [5, 5.41) is 23.2. The zero-order valence-electron chi connectivity index (χ0n) is 45.9. The van der Waals surface area contributed by atoms with E-state index in [-0.39, 0.29) is 18.5 Å². The van der Waals surface area contributed by atoms with Crippen molar-refractivity contribution in [3.05, 3.63) is 24.3 Å². The zero-order chi connectivity index (χ0) is 49.3. The van der Waals surface area contributed by atoms with E-state index in [1.165, 1.54) is 263 Å². The van der Waals surface area contributed by atoms with Gasteiger partial charge in [-0.05, 0) is 57.8 Å². The Morgan fingerprint density at radius 2 is 0.691 bits per heavy atom. The number of carbonyl (C=O) groups is 2. The van der Waals surface area contributed by atoms with Gasteiger partial charge in [-0.15, -0.1) is 0 Å². The molecule has 0 aromatic carbocycles. The average molecular weight is 959 g/mol. The van der Waals surface area contributed by atoms with Gasteiger partial charge in [-0.3, -0.25) is 9.59 Å². The van der Waals surface area contributed by atoms with Gasteiger partial charge in [0.1, 0.15) is 0 Å². The van der Waals surface area contributed by atoms with E-state index < -0.39 is 12.1 Å². The Morgan fingerprint density at radius 1 is 0.397 bits per heavy atom. The van der Waals surface area contributed by atoms with Crippen LogP contribution in [0.2, 0.25) is 0 Å². The summed E-state index contributed by atoms with van der Waals surface area (Å²) in [6.07, 6.45) is 70.6. The van der Waals surface area contributed by atoms with Crippen LogP contribution in [0.3, 0.4) is 0 Å². The van der Waals surface area contributed by atoms with Crippen LogP contribution in [-0.4, -0.2) is 47.4 Å². The molecule has 0 saturated carbocycles. The number of hydrogen-bond acceptors (Lipinski definition) is 5. The average Bonchev–Trinajstić information content (AvgIpc) is 3.34. The number of nitrogens with one attached hydrogen (secondary N) is 1. The first-order valence-electron chi connectivity index (χ1n) is 30.6. The highest BCUT2D eigenvalue weighted by molar-refractivity contribution is 5.76. The van der Waals surface area contributed by atoms with E-state index in [2.05, 4.69) is 31.3 Å². The van der Waals surface area contributed by atoms with Crippen molar-refractivity contribution < 1.29 is 24.5 Å². The molecule has 0 aliphatic carbocycles. The van der Waals surface area contributed by atoms with Crippen molar-refractivity contribution in [2.24, 2.45) is 0 Å². The number of allylic oxidation sites excluding steroid dienone is 3. The number of hydrogen-bond donors (Lipinski definition) is 3. The Bertz CT molecular complexity index is 1060. The molecule has 3 N–H and O–H groups in total. The Kier molecular flexibility index (Phi) is 56.5. The lowest BCUT2D eigenvalue weighted by molar-refractivity contribution is -0.143. The fourth-order valence-electron chi connectivity index (χ4n) is 9.51. The predicted molar refractivity (Wildman–Crippen MR) is 296 cm³/mol. The Morgan fingerprint density at radius 3 is 1.04 bits per heavy atom. The van der Waals surface area contributed by atoms with Crippen LogP contribution < -0.4 is 5.32 Å². The molecule has 6 heteroatoms. The predicted octanol–water partition coefficient (Wildman–Crippen LogP) is 19.0. The van der Waals surface area contributed by atoms with Gasteiger partial charge in [0.25, 0.3) is 0 Å². The van der Waals surface area contributed by atoms with Crippen LogP contribution >= 0.6 is 0 Å². The second-order valence-electron chi connectivity index (χ2n) is 21.0. The SMILES string of the molecule is CCCCCCC/C=C\CCCCCCCC(=O)OCCCCCCCCCCCCCCCCCCC(=O)NC(CO)C(O)/C=C/CCCCCCCCCCCCCCCCCCCCC. The van der Waals surface area contributed by atoms with Crippen molar-refractivity contribution in [1.29, 1.82) is 0 Å². The van der Waals surface area contributed by atoms with Crippen LogP contribution in [0, 0.1) is 0 Å². The first-order chi connectivity index (χ1) is 33.5. The number of aliphatic hydroxyl groups is 2. The van der Waals surface area contributed by atoms with Crippen LogP contribution in [-0.2, 0) is 14.3 Å². The van der Waals surface area contributed by atoms with Crippen molar-refractivity contribution in [1.82, 2.24) is 5.32 Å². The summed E-state index contributed by atoms with van der Waals surface area (Å²) in [6, 6.07) is -0.634. The second-order valence-corrected chi connectivity index (χ2v) is 21.0. The van der Waals surface area contributed by atoms with Crippen LogP contribution in [0.4, 0.5) is 0 Å². The molecule has 0 aromatic heterocycles. The molecule has 0 aromatic rings. The van der Waals surface area contributed by atoms with Crippen molar-refractivity contribution in [3.63, 3.8) is 0 Å². The van der Waals surface area contributed by atoms with Crippen molar-refractivity contribution in [3.8, 4) is 0 Å². The molecule has 402 valence electrons. The molecule has 0 aliphatic rings. The lowest BCUT2D eigenvalue weighted by atomic mass is 10.0. The smallest absolute Gasteiger partial charge is 0.305 e. The summed E-state index contributed by atoms with van der Waals surface area (Å²) in [6.45, 7) is 4.90. The third-order valence-corrected chi connectivity index (χ3v) is 14.2. The fourth-order valence-corrected chi connectivity index (χ4v) is 9.51. The first kappa shape index (κ1) is 66.3. The molecule has 0 aliphatic heterocycles. The molecule has 0 saturated heterocycles. The number of carbonyl (C=O) groups excluding carboxylic acids is 2. The first-order valence-corrected chi connectivity index (χ1v) is 30.6. The van der Waals surface area contributed by atoms with Crippen LogP contribution in [0.25, 0.3) is 0 Å². The largest absolute Gasteiger partial charge is 0.466 e. The minimum Gasteiger partial charge on any atom is -0.466 e. The topological polar surface area (TPSA) is 95.9 Å². The van der Waals surface area contributed by atoms with E-state index in [0.29, 0.717) is 19.4 Å². The lowest BCUT2D eigenvalue weighted by Gasteiger charge is -2.20. The summed E-state index contributed by atoms with van der Waals surface area (Å²) in [4.78, 5) is 24.5. The molecule has 1 amide bonds. The maximum atomic E-state index is 12.5. The third-order valence-electron chi connectivity index (χ3n) is 14.2. The highest BCUT2D eigenvalue weighted by Crippen LogP contribution is 2.17. The monoisotopic (exact) mass is 958 g/mol. The fraction of sp³-hybridized carbons (Fsp3) is 0.903. The number of rotatable bonds is 57. The van der Waals surface area contributed by atoms with E-state index in [4.69, 9.17) is 4.74 Å². The van der Waals surface area contributed by atoms with Gasteiger partial charge in [0.2, 0.25) is 5.91 Å². The van der Waals surface area contributed by atoms with Crippen LogP contribution in [0.15, 0.2) is 24.3 Å². The second kappa shape index (κ2) is 57.9. The molecule has 0 bridgehead atoms. The van der Waals surface area contributed by atoms with E-state index in [1.807, 2.05) is 6.08 Å². The van der Waals surface area contributed by atoms with Crippen LogP contribution in [0.5, 0.6) is 0 Å². The number of unbranched alkanes of at least 4 members (excludes halogenated alkanes) is 44. The minimum absolute atomic E-state index is 0.00582. The van der Waals surface area contributed by atoms with Crippen LogP contribution in [0.1, 0.15) is 335 Å². The molecule has 2 atom stereocenters. The van der Waals surface area contributed by atoms with Crippen molar-refractivity contribution in [2.75, 3.05) is 13.2 Å². The summed E-state index contributed by atoms with van der Waals surface area (Å²) in [5.41, 5.74) is 0. The molecular formula is C62H119NO5. The minimum atomic E-state index is -0.850. The summed E-state index contributed by atoms with van der Waals surface area (Å²) in [5.74, 6) is -0.0778.